The maximum atomic E-state index is 13.5. The maximum Gasteiger partial charge on any atom is 0.320 e. The third-order valence-electron chi connectivity index (χ3n) is 10.7. The molecule has 0 radical (unpaired) electrons. The first kappa shape index (κ1) is 28.3. The van der Waals surface area contributed by atoms with Crippen molar-refractivity contribution in [1.82, 2.24) is 4.90 Å². The minimum Gasteiger partial charge on any atom is -0.461 e. The molecular weight excluding hydrogens is 486 g/mol. The Morgan fingerprint density at radius 3 is 2.68 bits per heavy atom. The van der Waals surface area contributed by atoms with Gasteiger partial charge in [0.15, 0.2) is 0 Å². The van der Waals surface area contributed by atoms with Crippen LogP contribution in [0, 0.1) is 34.0 Å². The number of hydrogen-bond donors (Lipinski definition) is 1. The van der Waals surface area contributed by atoms with Crippen LogP contribution in [0.3, 0.4) is 0 Å². The van der Waals surface area contributed by atoms with Gasteiger partial charge in [-0.2, -0.15) is 0 Å². The fraction of sp³-hybridized carbons (Fsp3) is 0.677. The van der Waals surface area contributed by atoms with Gasteiger partial charge in [0.25, 0.3) is 0 Å². The van der Waals surface area contributed by atoms with Crippen LogP contribution in [0.2, 0.25) is 5.02 Å². The number of rotatable bonds is 7. The molecule has 5 nitrogen and oxygen atoms in total. The lowest BCUT2D eigenvalue weighted by Gasteiger charge is -2.61. The fourth-order valence-corrected chi connectivity index (χ4v) is 8.27. The molecule has 0 saturated heterocycles. The molecule has 4 rings (SSSR count). The lowest BCUT2D eigenvalue weighted by molar-refractivity contribution is -0.207. The van der Waals surface area contributed by atoms with E-state index in [1.54, 1.807) is 0 Å². The molecule has 6 heteroatoms. The van der Waals surface area contributed by atoms with Gasteiger partial charge in [0.05, 0.1) is 12.6 Å². The number of hydrogen-bond acceptors (Lipinski definition) is 5. The van der Waals surface area contributed by atoms with Crippen LogP contribution in [-0.4, -0.2) is 47.1 Å². The maximum absolute atomic E-state index is 13.5. The third kappa shape index (κ3) is 4.81. The Kier molecular flexibility index (Phi) is 8.01. The number of halogens is 1. The third-order valence-corrected chi connectivity index (χ3v) is 10.9. The molecule has 37 heavy (non-hydrogen) atoms. The number of nitrogens with zero attached hydrogens (tertiary/aromatic N) is 1. The van der Waals surface area contributed by atoms with Crippen molar-refractivity contribution in [2.24, 2.45) is 34.0 Å². The highest BCUT2D eigenvalue weighted by Crippen LogP contribution is 2.68. The van der Waals surface area contributed by atoms with E-state index in [0.717, 1.165) is 24.8 Å². The smallest absolute Gasteiger partial charge is 0.320 e. The molecule has 1 aromatic rings. The average Bonchev–Trinajstić information content (AvgIpc) is 3.22. The van der Waals surface area contributed by atoms with Crippen molar-refractivity contribution in [3.63, 3.8) is 0 Å². The lowest BCUT2D eigenvalue weighted by atomic mass is 9.44. The molecule has 3 fully saturated rings. The summed E-state index contributed by atoms with van der Waals surface area (Å²) in [5.41, 5.74) is -0.352. The highest BCUT2D eigenvalue weighted by atomic mass is 35.5. The second-order valence-corrected chi connectivity index (χ2v) is 12.9. The van der Waals surface area contributed by atoms with Crippen molar-refractivity contribution in [2.75, 3.05) is 13.1 Å². The van der Waals surface area contributed by atoms with Crippen LogP contribution in [0.1, 0.15) is 72.3 Å². The summed E-state index contributed by atoms with van der Waals surface area (Å²) in [5.74, 6) is -0.0559. The first-order chi connectivity index (χ1) is 17.4. The van der Waals surface area contributed by atoms with E-state index in [1.165, 1.54) is 0 Å². The predicted octanol–water partition coefficient (Wildman–Crippen LogP) is 6.07. The standard InChI is InChI=1S/C31H44ClNO4/c1-7-29(5)17-25(37-26(35)19-33(8-2)18-22-10-9-11-23(32)16-22)30(6)20(3)12-14-31(21(4)28(29)36)15-13-24(34)27(30)31/h7,9-11,16,20-21,25,27-28,36H,1,8,12-15,17-19H2,2-6H3/t20-,21+,25-,27?,28+,29-,30+,31+/m1/s1. The van der Waals surface area contributed by atoms with Crippen molar-refractivity contribution in [3.05, 3.63) is 47.5 Å². The molecule has 3 aliphatic rings. The zero-order valence-corrected chi connectivity index (χ0v) is 23.9. The topological polar surface area (TPSA) is 66.8 Å². The quantitative estimate of drug-likeness (QED) is 0.343. The highest BCUT2D eigenvalue weighted by Gasteiger charge is 2.68. The molecule has 3 saturated carbocycles. The number of Topliss-reactive ketones (excluding diaryl/α,β-unsaturated/α-hetero) is 1. The molecule has 0 aromatic heterocycles. The summed E-state index contributed by atoms with van der Waals surface area (Å²) < 4.78 is 6.40. The Morgan fingerprint density at radius 2 is 2.03 bits per heavy atom. The van der Waals surface area contributed by atoms with Crippen molar-refractivity contribution in [1.29, 1.82) is 0 Å². The first-order valence-electron chi connectivity index (χ1n) is 13.9. The lowest BCUT2D eigenvalue weighted by Crippen LogP contribution is -2.63. The summed E-state index contributed by atoms with van der Waals surface area (Å²) in [4.78, 5) is 29.1. The molecule has 1 aromatic carbocycles. The molecule has 1 unspecified atom stereocenters. The summed E-state index contributed by atoms with van der Waals surface area (Å²) in [6.45, 7) is 16.1. The van der Waals surface area contributed by atoms with E-state index < -0.39 is 23.0 Å². The average molecular weight is 530 g/mol. The Hall–Kier alpha value is -1.69. The number of ether oxygens (including phenoxy) is 1. The van der Waals surface area contributed by atoms with E-state index in [0.29, 0.717) is 31.0 Å². The highest BCUT2D eigenvalue weighted by molar-refractivity contribution is 6.30. The van der Waals surface area contributed by atoms with Crippen molar-refractivity contribution in [2.45, 2.75) is 85.5 Å². The Balaban J connectivity index is 1.65. The van der Waals surface area contributed by atoms with Crippen LogP contribution in [0.4, 0.5) is 0 Å². The van der Waals surface area contributed by atoms with E-state index in [9.17, 15) is 14.7 Å². The number of benzene rings is 1. The van der Waals surface area contributed by atoms with E-state index in [1.807, 2.05) is 49.1 Å². The second-order valence-electron chi connectivity index (χ2n) is 12.5. The van der Waals surface area contributed by atoms with Gasteiger partial charge >= 0.3 is 5.97 Å². The molecule has 8 atom stereocenters. The van der Waals surface area contributed by atoms with Gasteiger partial charge in [-0.05, 0) is 67.2 Å². The number of ketones is 1. The van der Waals surface area contributed by atoms with E-state index in [-0.39, 0.29) is 41.5 Å². The van der Waals surface area contributed by atoms with Crippen LogP contribution < -0.4 is 0 Å². The van der Waals surface area contributed by atoms with Crippen LogP contribution in [-0.2, 0) is 20.9 Å². The molecular formula is C31H44ClNO4. The Morgan fingerprint density at radius 1 is 1.30 bits per heavy atom. The first-order valence-corrected chi connectivity index (χ1v) is 14.3. The molecule has 1 N–H and O–H groups in total. The number of aliphatic hydroxyl groups excluding tert-OH is 1. The van der Waals surface area contributed by atoms with Crippen LogP contribution >= 0.6 is 11.6 Å². The molecule has 3 aliphatic carbocycles. The number of esters is 1. The SMILES string of the molecule is C=C[C@]1(C)C[C@@H](OC(=O)CN(CC)Cc2cccc(Cl)c2)[C@@]2(C)C3C(=O)CC[C@@]3(CC[C@H]2C)[C@@H](C)[C@@H]1O. The number of aliphatic hydroxyl groups is 1. The minimum atomic E-state index is -0.660. The van der Waals surface area contributed by atoms with Gasteiger partial charge in [0, 0.05) is 34.7 Å². The molecule has 0 aliphatic heterocycles. The minimum absolute atomic E-state index is 0.0382. The normalized spacial score (nSPS) is 39.6. The molecule has 2 bridgehead atoms. The van der Waals surface area contributed by atoms with Crippen molar-refractivity contribution < 1.29 is 19.4 Å². The van der Waals surface area contributed by atoms with Gasteiger partial charge in [0.2, 0.25) is 0 Å². The summed E-state index contributed by atoms with van der Waals surface area (Å²) >= 11 is 6.16. The second kappa shape index (κ2) is 10.5. The molecule has 0 spiro atoms. The zero-order chi connectivity index (χ0) is 27.2. The number of carbonyl (C=O) groups excluding carboxylic acids is 2. The van der Waals surface area contributed by atoms with Gasteiger partial charge in [-0.25, -0.2) is 0 Å². The van der Waals surface area contributed by atoms with E-state index >= 15 is 0 Å². The summed E-state index contributed by atoms with van der Waals surface area (Å²) in [5, 5.41) is 12.3. The van der Waals surface area contributed by atoms with Crippen molar-refractivity contribution in [3.8, 4) is 0 Å². The van der Waals surface area contributed by atoms with Crippen LogP contribution in [0.5, 0.6) is 0 Å². The summed E-state index contributed by atoms with van der Waals surface area (Å²) in [6, 6.07) is 7.67. The van der Waals surface area contributed by atoms with Gasteiger partial charge < -0.3 is 9.84 Å². The number of carbonyl (C=O) groups is 2. The predicted molar refractivity (Wildman–Crippen MR) is 147 cm³/mol. The van der Waals surface area contributed by atoms with Gasteiger partial charge in [0.1, 0.15) is 11.9 Å². The molecule has 204 valence electrons. The Labute approximate surface area is 227 Å². The van der Waals surface area contributed by atoms with Crippen LogP contribution in [0.15, 0.2) is 36.9 Å². The van der Waals surface area contributed by atoms with E-state index in [4.69, 9.17) is 16.3 Å². The van der Waals surface area contributed by atoms with Gasteiger partial charge in [-0.1, -0.05) is 64.4 Å². The fourth-order valence-electron chi connectivity index (χ4n) is 8.05. The zero-order valence-electron chi connectivity index (χ0n) is 23.1. The van der Waals surface area contributed by atoms with Crippen molar-refractivity contribution >= 4 is 23.4 Å². The largest absolute Gasteiger partial charge is 0.461 e. The monoisotopic (exact) mass is 529 g/mol. The summed E-state index contributed by atoms with van der Waals surface area (Å²) in [7, 11) is 0. The molecule has 0 amide bonds. The van der Waals surface area contributed by atoms with E-state index in [2.05, 4.69) is 27.4 Å². The number of likely N-dealkylation sites (N-methyl/N-ethyl adjacent to an activating group) is 1. The van der Waals surface area contributed by atoms with Gasteiger partial charge in [-0.3, -0.25) is 14.5 Å². The van der Waals surface area contributed by atoms with Gasteiger partial charge in [-0.15, -0.1) is 6.58 Å². The van der Waals surface area contributed by atoms with Crippen LogP contribution in [0.25, 0.3) is 0 Å². The summed E-state index contributed by atoms with van der Waals surface area (Å²) in [6.07, 6.45) is 4.37. The Bertz CT molecular complexity index is 1040. The molecule has 0 heterocycles.